The van der Waals surface area contributed by atoms with Crippen molar-refractivity contribution in [3.05, 3.63) is 0 Å². The molecule has 2 nitrogen and oxygen atoms in total. The highest BCUT2D eigenvalue weighted by Crippen LogP contribution is 2.13. The lowest BCUT2D eigenvalue weighted by Crippen LogP contribution is -2.30. The van der Waals surface area contributed by atoms with Gasteiger partial charge in [0.1, 0.15) is 0 Å². The van der Waals surface area contributed by atoms with Crippen molar-refractivity contribution in [3.63, 3.8) is 0 Å². The summed E-state index contributed by atoms with van der Waals surface area (Å²) >= 11 is 0. The molecule has 0 bridgehead atoms. The van der Waals surface area contributed by atoms with Gasteiger partial charge in [0, 0.05) is 6.54 Å². The molecule has 1 atom stereocenters. The second kappa shape index (κ2) is 5.13. The average molecular weight is 199 g/mol. The van der Waals surface area contributed by atoms with Gasteiger partial charge in [-0.05, 0) is 52.6 Å². The predicted molar refractivity (Wildman–Crippen MR) is 60.5 cm³/mol. The quantitative estimate of drug-likeness (QED) is 0.690. The monoisotopic (exact) mass is 199 g/mol. The van der Waals surface area contributed by atoms with E-state index in [-0.39, 0.29) is 5.60 Å². The highest BCUT2D eigenvalue weighted by atomic mass is 16.5. The minimum Gasteiger partial charge on any atom is -0.376 e. The molecule has 1 aliphatic heterocycles. The van der Waals surface area contributed by atoms with Gasteiger partial charge in [-0.25, -0.2) is 0 Å². The molecule has 0 spiro atoms. The lowest BCUT2D eigenvalue weighted by molar-refractivity contribution is -0.0234. The van der Waals surface area contributed by atoms with Crippen LogP contribution in [0.15, 0.2) is 0 Å². The molecule has 1 rings (SSSR count). The van der Waals surface area contributed by atoms with Crippen molar-refractivity contribution in [2.24, 2.45) is 5.92 Å². The van der Waals surface area contributed by atoms with Gasteiger partial charge in [0.15, 0.2) is 0 Å². The maximum absolute atomic E-state index is 5.77. The van der Waals surface area contributed by atoms with Crippen LogP contribution in [0.25, 0.3) is 0 Å². The number of ether oxygens (including phenoxy) is 1. The van der Waals surface area contributed by atoms with Crippen LogP contribution in [-0.2, 0) is 4.74 Å². The van der Waals surface area contributed by atoms with Gasteiger partial charge in [-0.3, -0.25) is 0 Å². The molecule has 1 saturated heterocycles. The summed E-state index contributed by atoms with van der Waals surface area (Å²) in [7, 11) is 0. The summed E-state index contributed by atoms with van der Waals surface area (Å²) in [5, 5.41) is 0. The third-order valence-corrected chi connectivity index (χ3v) is 2.57. The Morgan fingerprint density at radius 1 is 1.21 bits per heavy atom. The fourth-order valence-electron chi connectivity index (χ4n) is 1.85. The zero-order chi connectivity index (χ0) is 10.6. The minimum atomic E-state index is 0.0132. The van der Waals surface area contributed by atoms with E-state index in [0.29, 0.717) is 5.92 Å². The molecule has 2 heteroatoms. The van der Waals surface area contributed by atoms with E-state index in [2.05, 4.69) is 32.6 Å². The summed E-state index contributed by atoms with van der Waals surface area (Å²) in [6.07, 6.45) is 2.76. The first kappa shape index (κ1) is 12.0. The summed E-state index contributed by atoms with van der Waals surface area (Å²) < 4.78 is 5.77. The molecule has 0 radical (unpaired) electrons. The minimum absolute atomic E-state index is 0.0132. The zero-order valence-electron chi connectivity index (χ0n) is 10.2. The highest BCUT2D eigenvalue weighted by Gasteiger charge is 2.17. The van der Waals surface area contributed by atoms with Gasteiger partial charge in [-0.1, -0.05) is 6.92 Å². The van der Waals surface area contributed by atoms with Crippen LogP contribution >= 0.6 is 0 Å². The molecule has 0 aromatic rings. The Hall–Kier alpha value is -0.0800. The molecule has 1 heterocycles. The van der Waals surface area contributed by atoms with Crippen molar-refractivity contribution in [1.82, 2.24) is 4.90 Å². The third-order valence-electron chi connectivity index (χ3n) is 2.57. The van der Waals surface area contributed by atoms with Crippen molar-refractivity contribution in [2.75, 3.05) is 26.2 Å². The molecule has 0 saturated carbocycles. The first-order valence-electron chi connectivity index (χ1n) is 5.84. The van der Waals surface area contributed by atoms with Crippen molar-refractivity contribution < 1.29 is 4.74 Å². The van der Waals surface area contributed by atoms with E-state index in [1.54, 1.807) is 0 Å². The number of likely N-dealkylation sites (tertiary alicyclic amines) is 1. The molecule has 0 unspecified atom stereocenters. The van der Waals surface area contributed by atoms with Crippen LogP contribution in [0.5, 0.6) is 0 Å². The van der Waals surface area contributed by atoms with Gasteiger partial charge in [-0.2, -0.15) is 0 Å². The Balaban J connectivity index is 2.12. The van der Waals surface area contributed by atoms with Crippen LogP contribution in [-0.4, -0.2) is 36.7 Å². The Morgan fingerprint density at radius 3 is 2.29 bits per heavy atom. The lowest BCUT2D eigenvalue weighted by atomic mass is 10.1. The molecule has 84 valence electrons. The first-order chi connectivity index (χ1) is 6.47. The van der Waals surface area contributed by atoms with E-state index in [1.807, 2.05) is 0 Å². The SMILES string of the molecule is C[C@H](COC(C)(C)C)CN1CCCC1. The maximum atomic E-state index is 5.77. The Labute approximate surface area is 88.6 Å². The predicted octanol–water partition coefficient (Wildman–Crippen LogP) is 2.53. The Bertz CT molecular complexity index is 156. The van der Waals surface area contributed by atoms with Crippen molar-refractivity contribution in [1.29, 1.82) is 0 Å². The van der Waals surface area contributed by atoms with Gasteiger partial charge < -0.3 is 9.64 Å². The summed E-state index contributed by atoms with van der Waals surface area (Å²) in [6, 6.07) is 0. The Kier molecular flexibility index (Phi) is 4.39. The second-order valence-electron chi connectivity index (χ2n) is 5.54. The second-order valence-corrected chi connectivity index (χ2v) is 5.54. The topological polar surface area (TPSA) is 12.5 Å². The standard InChI is InChI=1S/C12H25NO/c1-11(10-14-12(2,3)4)9-13-7-5-6-8-13/h11H,5-10H2,1-4H3/t11-/m0/s1. The average Bonchev–Trinajstić information content (AvgIpc) is 2.52. The van der Waals surface area contributed by atoms with E-state index in [9.17, 15) is 0 Å². The first-order valence-corrected chi connectivity index (χ1v) is 5.84. The molecule has 0 aromatic carbocycles. The molecular weight excluding hydrogens is 174 g/mol. The fourth-order valence-corrected chi connectivity index (χ4v) is 1.85. The smallest absolute Gasteiger partial charge is 0.0598 e. The van der Waals surface area contributed by atoms with Gasteiger partial charge >= 0.3 is 0 Å². The largest absolute Gasteiger partial charge is 0.376 e. The fraction of sp³-hybridized carbons (Fsp3) is 1.00. The van der Waals surface area contributed by atoms with Crippen LogP contribution in [0.2, 0.25) is 0 Å². The Morgan fingerprint density at radius 2 is 1.79 bits per heavy atom. The highest BCUT2D eigenvalue weighted by molar-refractivity contribution is 4.69. The third kappa shape index (κ3) is 4.97. The summed E-state index contributed by atoms with van der Waals surface area (Å²) in [5.74, 6) is 0.660. The normalized spacial score (nSPS) is 21.4. The molecule has 14 heavy (non-hydrogen) atoms. The summed E-state index contributed by atoms with van der Waals surface area (Å²) in [5.41, 5.74) is 0.0132. The van der Waals surface area contributed by atoms with Crippen molar-refractivity contribution in [3.8, 4) is 0 Å². The molecule has 1 fully saturated rings. The molecule has 0 N–H and O–H groups in total. The van der Waals surface area contributed by atoms with Crippen LogP contribution < -0.4 is 0 Å². The number of hydrogen-bond acceptors (Lipinski definition) is 2. The number of hydrogen-bond donors (Lipinski definition) is 0. The number of rotatable bonds is 4. The van der Waals surface area contributed by atoms with Crippen LogP contribution in [0.1, 0.15) is 40.5 Å². The van der Waals surface area contributed by atoms with Crippen LogP contribution in [0.4, 0.5) is 0 Å². The van der Waals surface area contributed by atoms with Gasteiger partial charge in [-0.15, -0.1) is 0 Å². The van der Waals surface area contributed by atoms with E-state index >= 15 is 0 Å². The lowest BCUT2D eigenvalue weighted by Gasteiger charge is -2.25. The molecule has 1 aliphatic rings. The molecule has 0 amide bonds. The van der Waals surface area contributed by atoms with E-state index in [0.717, 1.165) is 6.61 Å². The van der Waals surface area contributed by atoms with Gasteiger partial charge in [0.25, 0.3) is 0 Å². The van der Waals surface area contributed by atoms with Crippen molar-refractivity contribution in [2.45, 2.75) is 46.1 Å². The van der Waals surface area contributed by atoms with Gasteiger partial charge in [0.05, 0.1) is 12.2 Å². The van der Waals surface area contributed by atoms with Crippen LogP contribution in [0, 0.1) is 5.92 Å². The van der Waals surface area contributed by atoms with Crippen LogP contribution in [0.3, 0.4) is 0 Å². The van der Waals surface area contributed by atoms with E-state index in [1.165, 1.54) is 32.5 Å². The number of nitrogens with zero attached hydrogens (tertiary/aromatic N) is 1. The van der Waals surface area contributed by atoms with Crippen molar-refractivity contribution >= 4 is 0 Å². The summed E-state index contributed by atoms with van der Waals surface area (Å²) in [6.45, 7) is 13.3. The molecule has 0 aromatic heterocycles. The van der Waals surface area contributed by atoms with E-state index in [4.69, 9.17) is 4.74 Å². The maximum Gasteiger partial charge on any atom is 0.0598 e. The molecular formula is C12H25NO. The van der Waals surface area contributed by atoms with Gasteiger partial charge in [0.2, 0.25) is 0 Å². The molecule has 0 aliphatic carbocycles. The van der Waals surface area contributed by atoms with E-state index < -0.39 is 0 Å². The summed E-state index contributed by atoms with van der Waals surface area (Å²) in [4.78, 5) is 2.55. The zero-order valence-corrected chi connectivity index (χ0v) is 10.2.